The van der Waals surface area contributed by atoms with Gasteiger partial charge in [-0.2, -0.15) is 0 Å². The second-order valence-electron chi connectivity index (χ2n) is 11.6. The molecule has 0 N–H and O–H groups in total. The van der Waals surface area contributed by atoms with Crippen LogP contribution < -0.4 is 0 Å². The smallest absolute Gasteiger partial charge is 0.0360 e. The summed E-state index contributed by atoms with van der Waals surface area (Å²) in [4.78, 5) is 0. The van der Waals surface area contributed by atoms with E-state index >= 15 is 0 Å². The summed E-state index contributed by atoms with van der Waals surface area (Å²) in [6.45, 7) is 7.47. The average molecular weight is 389 g/mol. The van der Waals surface area contributed by atoms with Crippen LogP contribution in [0.1, 0.15) is 136 Å². The van der Waals surface area contributed by atoms with E-state index in [0.29, 0.717) is 0 Å². The average Bonchev–Trinajstić information content (AvgIpc) is 2.72. The lowest BCUT2D eigenvalue weighted by molar-refractivity contribution is 0.0772. The highest BCUT2D eigenvalue weighted by Crippen LogP contribution is 2.47. The van der Waals surface area contributed by atoms with Gasteiger partial charge in [-0.15, -0.1) is 0 Å². The van der Waals surface area contributed by atoms with Crippen molar-refractivity contribution in [3.05, 3.63) is 0 Å². The molecule has 0 aromatic heterocycles. The zero-order valence-corrected chi connectivity index (χ0v) is 19.8. The number of unbranched alkanes of at least 4 members (excludes halogenated alkanes) is 2. The van der Waals surface area contributed by atoms with Gasteiger partial charge in [0.05, 0.1) is 0 Å². The first-order valence-corrected chi connectivity index (χ1v) is 13.7. The van der Waals surface area contributed by atoms with Crippen LogP contribution in [0.15, 0.2) is 0 Å². The van der Waals surface area contributed by atoms with E-state index in [2.05, 4.69) is 20.8 Å². The van der Waals surface area contributed by atoms with Crippen LogP contribution in [-0.4, -0.2) is 0 Å². The summed E-state index contributed by atoms with van der Waals surface area (Å²) in [6, 6.07) is 0. The highest BCUT2D eigenvalue weighted by atomic mass is 14.4. The molecular formula is C28H52. The van der Waals surface area contributed by atoms with Gasteiger partial charge in [0, 0.05) is 0 Å². The molecule has 0 spiro atoms. The van der Waals surface area contributed by atoms with Crippen molar-refractivity contribution >= 4 is 0 Å². The summed E-state index contributed by atoms with van der Waals surface area (Å²) in [5, 5.41) is 0. The summed E-state index contributed by atoms with van der Waals surface area (Å²) in [5.41, 5.74) is 0. The van der Waals surface area contributed by atoms with E-state index in [1.165, 1.54) is 64.2 Å². The second-order valence-corrected chi connectivity index (χ2v) is 11.6. The lowest BCUT2D eigenvalue weighted by Gasteiger charge is -2.43. The first-order valence-electron chi connectivity index (χ1n) is 13.7. The minimum atomic E-state index is 0.986. The van der Waals surface area contributed by atoms with Crippen LogP contribution in [0.4, 0.5) is 0 Å². The predicted octanol–water partition coefficient (Wildman–Crippen LogP) is 9.42. The van der Waals surface area contributed by atoms with Gasteiger partial charge < -0.3 is 0 Å². The normalized spacial score (nSPS) is 41.0. The number of hydrogen-bond donors (Lipinski definition) is 0. The van der Waals surface area contributed by atoms with Gasteiger partial charge in [0.25, 0.3) is 0 Å². The van der Waals surface area contributed by atoms with E-state index in [1.54, 1.807) is 51.4 Å². The van der Waals surface area contributed by atoms with Crippen molar-refractivity contribution in [2.75, 3.05) is 0 Å². The van der Waals surface area contributed by atoms with Gasteiger partial charge in [0.1, 0.15) is 0 Å². The fourth-order valence-electron chi connectivity index (χ4n) is 7.67. The number of rotatable bonds is 5. The van der Waals surface area contributed by atoms with E-state index in [9.17, 15) is 0 Å². The maximum atomic E-state index is 2.61. The second kappa shape index (κ2) is 12.0. The van der Waals surface area contributed by atoms with Crippen molar-refractivity contribution in [1.82, 2.24) is 0 Å². The van der Waals surface area contributed by atoms with Gasteiger partial charge in [0.2, 0.25) is 0 Å². The number of fused-ring (bicyclic) bond motifs is 1. The van der Waals surface area contributed by atoms with Crippen LogP contribution in [0.25, 0.3) is 0 Å². The molecule has 0 nitrogen and oxygen atoms in total. The summed E-state index contributed by atoms with van der Waals surface area (Å²) in [7, 11) is 0. The summed E-state index contributed by atoms with van der Waals surface area (Å²) in [6.07, 6.45) is 27.5. The van der Waals surface area contributed by atoms with Crippen LogP contribution >= 0.6 is 0 Å². The molecule has 3 aliphatic carbocycles. The third kappa shape index (κ3) is 6.77. The highest BCUT2D eigenvalue weighted by molar-refractivity contribution is 4.87. The third-order valence-corrected chi connectivity index (χ3v) is 9.32. The zero-order valence-electron chi connectivity index (χ0n) is 19.8. The van der Waals surface area contributed by atoms with Crippen molar-refractivity contribution in [2.45, 2.75) is 136 Å². The topological polar surface area (TPSA) is 0 Å². The van der Waals surface area contributed by atoms with Crippen molar-refractivity contribution < 1.29 is 0 Å². The minimum absolute atomic E-state index is 0.986. The molecule has 7 atom stereocenters. The monoisotopic (exact) mass is 388 g/mol. The molecule has 28 heavy (non-hydrogen) atoms. The first-order chi connectivity index (χ1) is 13.7. The Bertz CT molecular complexity index is 412. The zero-order chi connectivity index (χ0) is 19.8. The van der Waals surface area contributed by atoms with Gasteiger partial charge in [-0.05, 0) is 73.5 Å². The molecule has 0 heterocycles. The molecule has 7 unspecified atom stereocenters. The standard InChI is InChI=1S/C28H52/c1-4-5-9-12-24-16-17-25-13-10-7-6-8-11-14-26(21-27(25)20-24)28-18-15-22(2)19-23(28)3/h22-28H,4-21H2,1-3H3. The van der Waals surface area contributed by atoms with Crippen LogP contribution in [0.3, 0.4) is 0 Å². The Morgan fingerprint density at radius 2 is 1.36 bits per heavy atom. The third-order valence-electron chi connectivity index (χ3n) is 9.32. The highest BCUT2D eigenvalue weighted by Gasteiger charge is 2.36. The Kier molecular flexibility index (Phi) is 9.72. The molecule has 0 bridgehead atoms. The largest absolute Gasteiger partial charge is 0.0654 e. The lowest BCUT2D eigenvalue weighted by atomic mass is 9.63. The predicted molar refractivity (Wildman–Crippen MR) is 125 cm³/mol. The Morgan fingerprint density at radius 1 is 0.607 bits per heavy atom. The fourth-order valence-corrected chi connectivity index (χ4v) is 7.67. The van der Waals surface area contributed by atoms with Gasteiger partial charge in [-0.25, -0.2) is 0 Å². The molecule has 0 aromatic carbocycles. The molecule has 3 aliphatic rings. The molecule has 0 aliphatic heterocycles. The summed E-state index contributed by atoms with van der Waals surface area (Å²) in [5.74, 6) is 7.32. The summed E-state index contributed by atoms with van der Waals surface area (Å²) >= 11 is 0. The maximum Gasteiger partial charge on any atom is -0.0360 e. The molecule has 0 aromatic rings. The van der Waals surface area contributed by atoms with Gasteiger partial charge in [0.15, 0.2) is 0 Å². The lowest BCUT2D eigenvalue weighted by Crippen LogP contribution is -2.33. The van der Waals surface area contributed by atoms with Crippen LogP contribution in [0.2, 0.25) is 0 Å². The Labute approximate surface area is 178 Å². The molecule has 0 amide bonds. The molecule has 164 valence electrons. The van der Waals surface area contributed by atoms with E-state index in [4.69, 9.17) is 0 Å². The maximum absolute atomic E-state index is 2.61. The van der Waals surface area contributed by atoms with Crippen molar-refractivity contribution in [3.8, 4) is 0 Å². The molecule has 3 fully saturated rings. The molecule has 0 radical (unpaired) electrons. The van der Waals surface area contributed by atoms with Crippen LogP contribution in [0, 0.1) is 41.4 Å². The molecule has 0 heteroatoms. The molecule has 3 rings (SSSR count). The van der Waals surface area contributed by atoms with Gasteiger partial charge in [-0.3, -0.25) is 0 Å². The minimum Gasteiger partial charge on any atom is -0.0654 e. The van der Waals surface area contributed by atoms with E-state index in [-0.39, 0.29) is 0 Å². The SMILES string of the molecule is CCCCCC1CCC2CCCCCCCC(C3CCC(C)CC3C)CC2C1. The first kappa shape index (κ1) is 22.7. The molecular weight excluding hydrogens is 336 g/mol. The number of hydrogen-bond acceptors (Lipinski definition) is 0. The van der Waals surface area contributed by atoms with Crippen molar-refractivity contribution in [3.63, 3.8) is 0 Å². The van der Waals surface area contributed by atoms with E-state index in [1.807, 2.05) is 0 Å². The van der Waals surface area contributed by atoms with Gasteiger partial charge in [-0.1, -0.05) is 104 Å². The van der Waals surface area contributed by atoms with E-state index < -0.39 is 0 Å². The van der Waals surface area contributed by atoms with Crippen molar-refractivity contribution in [1.29, 1.82) is 0 Å². The Balaban J connectivity index is 1.65. The quantitative estimate of drug-likeness (QED) is 0.411. The van der Waals surface area contributed by atoms with Gasteiger partial charge >= 0.3 is 0 Å². The molecule has 0 saturated heterocycles. The molecule has 3 saturated carbocycles. The van der Waals surface area contributed by atoms with E-state index in [0.717, 1.165) is 41.4 Å². The van der Waals surface area contributed by atoms with Crippen molar-refractivity contribution in [2.24, 2.45) is 41.4 Å². The Hall–Kier alpha value is 0. The fraction of sp³-hybridized carbons (Fsp3) is 1.00. The van der Waals surface area contributed by atoms with Crippen LogP contribution in [0.5, 0.6) is 0 Å². The Morgan fingerprint density at radius 3 is 2.11 bits per heavy atom. The van der Waals surface area contributed by atoms with Crippen LogP contribution in [-0.2, 0) is 0 Å². The summed E-state index contributed by atoms with van der Waals surface area (Å²) < 4.78 is 0.